The fraction of sp³-hybridized carbons (Fsp3) is 0.476. The molecule has 158 valence electrons. The average Bonchev–Trinajstić information content (AvgIpc) is 3.16. The van der Waals surface area contributed by atoms with Gasteiger partial charge in [0, 0.05) is 25.0 Å². The van der Waals surface area contributed by atoms with Gasteiger partial charge in [-0.25, -0.2) is 13.3 Å². The Kier molecular flexibility index (Phi) is 7.10. The maximum Gasteiger partial charge on any atom is 0.332 e. The molecule has 2 unspecified atom stereocenters. The molecule has 0 bridgehead atoms. The van der Waals surface area contributed by atoms with Gasteiger partial charge in [-0.1, -0.05) is 0 Å². The van der Waals surface area contributed by atoms with Gasteiger partial charge in [0.1, 0.15) is 23.3 Å². The number of esters is 1. The van der Waals surface area contributed by atoms with Gasteiger partial charge in [0.05, 0.1) is 31.3 Å². The first kappa shape index (κ1) is 21.5. The number of hydrogen-bond acceptors (Lipinski definition) is 5. The number of rotatable bonds is 8. The normalized spacial score (nSPS) is 17.6. The summed E-state index contributed by atoms with van der Waals surface area (Å²) in [6, 6.07) is 7.56. The lowest BCUT2D eigenvalue weighted by Crippen LogP contribution is -2.41. The number of hydrogen-bond donors (Lipinski definition) is 0. The van der Waals surface area contributed by atoms with Crippen LogP contribution in [-0.4, -0.2) is 52.5 Å². The maximum atomic E-state index is 13.6. The van der Waals surface area contributed by atoms with Crippen LogP contribution in [0.25, 0.3) is 0 Å². The van der Waals surface area contributed by atoms with E-state index in [9.17, 15) is 9.00 Å². The lowest BCUT2D eigenvalue weighted by Gasteiger charge is -2.36. The molecule has 7 nitrogen and oxygen atoms in total. The van der Waals surface area contributed by atoms with Crippen molar-refractivity contribution in [1.82, 2.24) is 8.87 Å². The Morgan fingerprint density at radius 2 is 1.97 bits per heavy atom. The highest BCUT2D eigenvalue weighted by molar-refractivity contribution is 7.82. The SMILES string of the molecule is CCOC(=O)COCC1c2cccn2CCN1S(=O)c1c(C)cc(OC)cc1C. The van der Waals surface area contributed by atoms with Crippen molar-refractivity contribution >= 4 is 17.0 Å². The summed E-state index contributed by atoms with van der Waals surface area (Å²) in [5.41, 5.74) is 2.87. The Morgan fingerprint density at radius 3 is 2.62 bits per heavy atom. The van der Waals surface area contributed by atoms with Crippen LogP contribution in [0.4, 0.5) is 0 Å². The van der Waals surface area contributed by atoms with Crippen LogP contribution in [0.5, 0.6) is 5.75 Å². The van der Waals surface area contributed by atoms with Gasteiger partial charge in [0.15, 0.2) is 0 Å². The van der Waals surface area contributed by atoms with E-state index in [1.165, 1.54) is 0 Å². The Hall–Kier alpha value is -2.16. The molecule has 29 heavy (non-hydrogen) atoms. The van der Waals surface area contributed by atoms with Gasteiger partial charge < -0.3 is 18.8 Å². The highest BCUT2D eigenvalue weighted by Gasteiger charge is 2.33. The monoisotopic (exact) mass is 420 g/mol. The van der Waals surface area contributed by atoms with Crippen LogP contribution < -0.4 is 4.74 Å². The number of benzene rings is 1. The van der Waals surface area contributed by atoms with Crippen molar-refractivity contribution in [3.05, 3.63) is 47.3 Å². The number of carbonyl (C=O) groups excluding carboxylic acids is 1. The molecule has 0 saturated carbocycles. The number of aromatic nitrogens is 1. The van der Waals surface area contributed by atoms with Crippen LogP contribution in [0.15, 0.2) is 35.4 Å². The minimum atomic E-state index is -1.37. The van der Waals surface area contributed by atoms with Crippen LogP contribution in [0, 0.1) is 13.8 Å². The van der Waals surface area contributed by atoms with Crippen molar-refractivity contribution < 1.29 is 23.2 Å². The molecular weight excluding hydrogens is 392 g/mol. The third-order valence-electron chi connectivity index (χ3n) is 4.97. The maximum absolute atomic E-state index is 13.6. The van der Waals surface area contributed by atoms with E-state index in [4.69, 9.17) is 14.2 Å². The predicted octanol–water partition coefficient (Wildman–Crippen LogP) is 2.77. The zero-order valence-electron chi connectivity index (χ0n) is 17.3. The standard InChI is InChI=1S/C21H28N2O5S/c1-5-28-20(24)14-27-13-19-18-7-6-8-22(18)9-10-23(19)29(25)21-15(2)11-17(26-4)12-16(21)3/h6-8,11-12,19H,5,9-10,13-14H2,1-4H3. The number of nitrogens with zero attached hydrogens (tertiary/aromatic N) is 2. The number of carbonyl (C=O) groups is 1. The van der Waals surface area contributed by atoms with Gasteiger partial charge in [-0.15, -0.1) is 0 Å². The number of methoxy groups -OCH3 is 1. The van der Waals surface area contributed by atoms with E-state index in [1.54, 1.807) is 14.0 Å². The first-order chi connectivity index (χ1) is 14.0. The molecule has 3 rings (SSSR count). The molecule has 1 aromatic heterocycles. The van der Waals surface area contributed by atoms with E-state index in [-0.39, 0.29) is 19.3 Å². The minimum absolute atomic E-state index is 0.119. The Labute approximate surface area is 174 Å². The van der Waals surface area contributed by atoms with E-state index in [0.717, 1.165) is 34.0 Å². The average molecular weight is 421 g/mol. The molecule has 0 amide bonds. The zero-order chi connectivity index (χ0) is 21.0. The van der Waals surface area contributed by atoms with Gasteiger partial charge in [0.25, 0.3) is 0 Å². The summed E-state index contributed by atoms with van der Waals surface area (Å²) < 4.78 is 33.6. The summed E-state index contributed by atoms with van der Waals surface area (Å²) in [5.74, 6) is 0.357. The van der Waals surface area contributed by atoms with Crippen LogP contribution in [0.2, 0.25) is 0 Å². The second-order valence-corrected chi connectivity index (χ2v) is 8.32. The van der Waals surface area contributed by atoms with Crippen molar-refractivity contribution in [2.24, 2.45) is 0 Å². The largest absolute Gasteiger partial charge is 0.497 e. The highest BCUT2D eigenvalue weighted by atomic mass is 32.2. The van der Waals surface area contributed by atoms with Gasteiger partial charge >= 0.3 is 5.97 Å². The van der Waals surface area contributed by atoms with E-state index in [0.29, 0.717) is 13.2 Å². The first-order valence-corrected chi connectivity index (χ1v) is 10.8. The topological polar surface area (TPSA) is 70.0 Å². The minimum Gasteiger partial charge on any atom is -0.497 e. The van der Waals surface area contributed by atoms with Crippen molar-refractivity contribution in [1.29, 1.82) is 0 Å². The van der Waals surface area contributed by atoms with E-state index in [2.05, 4.69) is 4.57 Å². The van der Waals surface area contributed by atoms with Crippen molar-refractivity contribution in [2.45, 2.75) is 38.3 Å². The lowest BCUT2D eigenvalue weighted by molar-refractivity contribution is -0.148. The van der Waals surface area contributed by atoms with Crippen molar-refractivity contribution in [3.8, 4) is 5.75 Å². The van der Waals surface area contributed by atoms with Gasteiger partial charge in [-0.2, -0.15) is 0 Å². The molecule has 0 aliphatic carbocycles. The predicted molar refractivity (Wildman–Crippen MR) is 110 cm³/mol. The Morgan fingerprint density at radius 1 is 1.24 bits per heavy atom. The molecule has 0 saturated heterocycles. The summed E-state index contributed by atoms with van der Waals surface area (Å²) >= 11 is 0. The van der Waals surface area contributed by atoms with E-state index in [1.807, 2.05) is 48.6 Å². The molecule has 2 atom stereocenters. The molecule has 1 aliphatic rings. The Bertz CT molecular complexity index is 872. The Balaban J connectivity index is 1.84. The second kappa shape index (κ2) is 9.56. The van der Waals surface area contributed by atoms with E-state index < -0.39 is 17.0 Å². The van der Waals surface area contributed by atoms with Crippen LogP contribution in [-0.2, 0) is 31.8 Å². The van der Waals surface area contributed by atoms with Crippen LogP contribution >= 0.6 is 0 Å². The lowest BCUT2D eigenvalue weighted by atomic mass is 10.1. The molecule has 1 aliphatic heterocycles. The van der Waals surface area contributed by atoms with Gasteiger partial charge in [0.2, 0.25) is 0 Å². The third-order valence-corrected chi connectivity index (χ3v) is 6.83. The summed E-state index contributed by atoms with van der Waals surface area (Å²) in [4.78, 5) is 12.4. The number of aryl methyl sites for hydroxylation is 2. The third kappa shape index (κ3) is 4.71. The zero-order valence-corrected chi connectivity index (χ0v) is 18.2. The summed E-state index contributed by atoms with van der Waals surface area (Å²) in [6.45, 7) is 7.47. The summed E-state index contributed by atoms with van der Waals surface area (Å²) in [6.07, 6.45) is 2.01. The first-order valence-electron chi connectivity index (χ1n) is 9.68. The fourth-order valence-electron chi connectivity index (χ4n) is 3.69. The van der Waals surface area contributed by atoms with Crippen molar-refractivity contribution in [3.63, 3.8) is 0 Å². The summed E-state index contributed by atoms with van der Waals surface area (Å²) in [5, 5.41) is 0. The van der Waals surface area contributed by atoms with Gasteiger partial charge in [-0.05, 0) is 56.2 Å². The smallest absolute Gasteiger partial charge is 0.332 e. The molecule has 0 N–H and O–H groups in total. The molecule has 0 spiro atoms. The highest BCUT2D eigenvalue weighted by Crippen LogP contribution is 2.33. The molecule has 2 aromatic rings. The summed E-state index contributed by atoms with van der Waals surface area (Å²) in [7, 11) is 0.252. The molecule has 0 fully saturated rings. The van der Waals surface area contributed by atoms with Crippen molar-refractivity contribution in [2.75, 3.05) is 33.5 Å². The molecule has 8 heteroatoms. The number of fused-ring (bicyclic) bond motifs is 1. The fourth-order valence-corrected chi connectivity index (χ4v) is 5.24. The quantitative estimate of drug-likeness (QED) is 0.614. The van der Waals surface area contributed by atoms with E-state index >= 15 is 0 Å². The molecular formula is C21H28N2O5S. The number of ether oxygens (including phenoxy) is 3. The van der Waals surface area contributed by atoms with Gasteiger partial charge in [-0.3, -0.25) is 0 Å². The molecule has 1 aromatic carbocycles. The molecule has 2 heterocycles. The molecule has 0 radical (unpaired) electrons. The van der Waals surface area contributed by atoms with Crippen LogP contribution in [0.3, 0.4) is 0 Å². The second-order valence-electron chi connectivity index (χ2n) is 6.94. The van der Waals surface area contributed by atoms with Crippen LogP contribution in [0.1, 0.15) is 29.8 Å².